The van der Waals surface area contributed by atoms with Crippen LogP contribution in [0.2, 0.25) is 5.02 Å². The molecule has 1 aliphatic rings. The van der Waals surface area contributed by atoms with Crippen molar-refractivity contribution in [2.45, 2.75) is 46.1 Å². The third kappa shape index (κ3) is 3.16. The Morgan fingerprint density at radius 2 is 1.76 bits per heavy atom. The Bertz CT molecular complexity index is 379. The average Bonchev–Trinajstić information content (AvgIpc) is 2.23. The van der Waals surface area contributed by atoms with Crippen molar-refractivity contribution in [1.29, 1.82) is 0 Å². The van der Waals surface area contributed by atoms with Gasteiger partial charge >= 0.3 is 0 Å². The van der Waals surface area contributed by atoms with Crippen molar-refractivity contribution in [3.63, 3.8) is 0 Å². The summed E-state index contributed by atoms with van der Waals surface area (Å²) < 4.78 is 0. The monoisotopic (exact) mass is 251 g/mol. The van der Waals surface area contributed by atoms with Crippen LogP contribution in [0.15, 0.2) is 18.2 Å². The van der Waals surface area contributed by atoms with Crippen LogP contribution >= 0.6 is 11.6 Å². The quantitative estimate of drug-likeness (QED) is 0.790. The average molecular weight is 252 g/mol. The summed E-state index contributed by atoms with van der Waals surface area (Å²) in [5.74, 6) is 1.66. The van der Waals surface area contributed by atoms with Gasteiger partial charge in [-0.2, -0.15) is 0 Å². The molecule has 2 rings (SSSR count). The summed E-state index contributed by atoms with van der Waals surface area (Å²) in [4.78, 5) is 0. The highest BCUT2D eigenvalue weighted by molar-refractivity contribution is 6.31. The molecule has 1 aliphatic carbocycles. The molecular formula is C15H22ClN. The van der Waals surface area contributed by atoms with Crippen LogP contribution in [0.1, 0.15) is 38.7 Å². The van der Waals surface area contributed by atoms with Crippen LogP contribution in [0.5, 0.6) is 0 Å². The van der Waals surface area contributed by atoms with E-state index in [9.17, 15) is 0 Å². The molecule has 1 fully saturated rings. The van der Waals surface area contributed by atoms with Crippen LogP contribution in [0, 0.1) is 18.8 Å². The lowest BCUT2D eigenvalue weighted by Gasteiger charge is -2.33. The summed E-state index contributed by atoms with van der Waals surface area (Å²) in [5.41, 5.74) is 2.36. The van der Waals surface area contributed by atoms with E-state index >= 15 is 0 Å². The fraction of sp³-hybridized carbons (Fsp3) is 0.600. The Morgan fingerprint density at radius 1 is 1.12 bits per heavy atom. The number of anilines is 1. The molecule has 1 aromatic carbocycles. The number of hydrogen-bond donors (Lipinski definition) is 1. The van der Waals surface area contributed by atoms with E-state index in [0.717, 1.165) is 16.9 Å². The summed E-state index contributed by atoms with van der Waals surface area (Å²) in [6.45, 7) is 6.80. The van der Waals surface area contributed by atoms with E-state index in [0.29, 0.717) is 6.04 Å². The highest BCUT2D eigenvalue weighted by Crippen LogP contribution is 2.32. The van der Waals surface area contributed by atoms with Gasteiger partial charge in [0.05, 0.1) is 0 Å². The first-order valence-electron chi connectivity index (χ1n) is 6.58. The van der Waals surface area contributed by atoms with E-state index in [1.54, 1.807) is 0 Å². The molecule has 0 aliphatic heterocycles. The maximum Gasteiger partial charge on any atom is 0.0455 e. The zero-order valence-electron chi connectivity index (χ0n) is 11.0. The first-order valence-corrected chi connectivity index (χ1v) is 6.95. The summed E-state index contributed by atoms with van der Waals surface area (Å²) in [7, 11) is 0. The first kappa shape index (κ1) is 12.8. The number of halogens is 1. The molecule has 2 atom stereocenters. The molecular weight excluding hydrogens is 230 g/mol. The SMILES string of the molecule is Cc1c(Cl)cccc1NC1CC(C)CC(C)C1. The lowest BCUT2D eigenvalue weighted by molar-refractivity contribution is 0.281. The van der Waals surface area contributed by atoms with Crippen LogP contribution < -0.4 is 5.32 Å². The van der Waals surface area contributed by atoms with Crippen LogP contribution in [0.3, 0.4) is 0 Å². The molecule has 2 heteroatoms. The van der Waals surface area contributed by atoms with Crippen LogP contribution in [-0.4, -0.2) is 6.04 Å². The number of hydrogen-bond acceptors (Lipinski definition) is 1. The molecule has 0 saturated heterocycles. The van der Waals surface area contributed by atoms with Crippen molar-refractivity contribution in [1.82, 2.24) is 0 Å². The Hall–Kier alpha value is -0.690. The second-order valence-corrected chi connectivity index (χ2v) is 6.08. The Kier molecular flexibility index (Phi) is 3.98. The Balaban J connectivity index is 2.07. The van der Waals surface area contributed by atoms with Crippen molar-refractivity contribution >= 4 is 17.3 Å². The maximum absolute atomic E-state index is 6.15. The molecule has 1 saturated carbocycles. The molecule has 0 heterocycles. The Labute approximate surface area is 110 Å². The first-order chi connectivity index (χ1) is 8.06. The van der Waals surface area contributed by atoms with E-state index in [4.69, 9.17) is 11.6 Å². The molecule has 1 N–H and O–H groups in total. The van der Waals surface area contributed by atoms with Crippen molar-refractivity contribution < 1.29 is 0 Å². The van der Waals surface area contributed by atoms with Gasteiger partial charge in [-0.3, -0.25) is 0 Å². The van der Waals surface area contributed by atoms with Gasteiger partial charge in [0.2, 0.25) is 0 Å². The summed E-state index contributed by atoms with van der Waals surface area (Å²) in [6.07, 6.45) is 3.92. The predicted molar refractivity (Wildman–Crippen MR) is 75.8 cm³/mol. The molecule has 0 bridgehead atoms. The molecule has 2 unspecified atom stereocenters. The van der Waals surface area contributed by atoms with E-state index in [-0.39, 0.29) is 0 Å². The minimum absolute atomic E-state index is 0.603. The van der Waals surface area contributed by atoms with Gasteiger partial charge in [-0.1, -0.05) is 31.5 Å². The third-order valence-corrected chi connectivity index (χ3v) is 4.22. The standard InChI is InChI=1S/C15H22ClN/c1-10-7-11(2)9-13(8-10)17-15-6-4-5-14(16)12(15)3/h4-6,10-11,13,17H,7-9H2,1-3H3. The largest absolute Gasteiger partial charge is 0.382 e. The number of rotatable bonds is 2. The van der Waals surface area contributed by atoms with Gasteiger partial charge in [0, 0.05) is 16.8 Å². The fourth-order valence-electron chi connectivity index (χ4n) is 3.05. The Morgan fingerprint density at radius 3 is 2.41 bits per heavy atom. The highest BCUT2D eigenvalue weighted by atomic mass is 35.5. The zero-order chi connectivity index (χ0) is 12.4. The number of nitrogens with one attached hydrogen (secondary N) is 1. The fourth-order valence-corrected chi connectivity index (χ4v) is 3.22. The molecule has 94 valence electrons. The molecule has 0 aromatic heterocycles. The van der Waals surface area contributed by atoms with Crippen LogP contribution in [-0.2, 0) is 0 Å². The zero-order valence-corrected chi connectivity index (χ0v) is 11.7. The molecule has 1 aromatic rings. The van der Waals surface area contributed by atoms with Crippen molar-refractivity contribution in [2.75, 3.05) is 5.32 Å². The van der Waals surface area contributed by atoms with Crippen molar-refractivity contribution in [3.8, 4) is 0 Å². The van der Waals surface area contributed by atoms with Gasteiger partial charge in [0.25, 0.3) is 0 Å². The lowest BCUT2D eigenvalue weighted by atomic mass is 9.80. The van der Waals surface area contributed by atoms with E-state index < -0.39 is 0 Å². The van der Waals surface area contributed by atoms with Gasteiger partial charge < -0.3 is 5.32 Å². The lowest BCUT2D eigenvalue weighted by Crippen LogP contribution is -2.30. The summed E-state index contributed by atoms with van der Waals surface area (Å²) >= 11 is 6.15. The maximum atomic E-state index is 6.15. The molecule has 17 heavy (non-hydrogen) atoms. The van der Waals surface area contributed by atoms with Crippen LogP contribution in [0.25, 0.3) is 0 Å². The topological polar surface area (TPSA) is 12.0 Å². The highest BCUT2D eigenvalue weighted by Gasteiger charge is 2.24. The van der Waals surface area contributed by atoms with Crippen molar-refractivity contribution in [3.05, 3.63) is 28.8 Å². The van der Waals surface area contributed by atoms with Crippen LogP contribution in [0.4, 0.5) is 5.69 Å². The molecule has 0 spiro atoms. The minimum Gasteiger partial charge on any atom is -0.382 e. The molecule has 0 amide bonds. The van der Waals surface area contributed by atoms with Crippen molar-refractivity contribution in [2.24, 2.45) is 11.8 Å². The molecule has 0 radical (unpaired) electrons. The predicted octanol–water partition coefficient (Wildman–Crippen LogP) is 4.89. The van der Waals surface area contributed by atoms with Gasteiger partial charge in [0.15, 0.2) is 0 Å². The molecule has 1 nitrogen and oxygen atoms in total. The second kappa shape index (κ2) is 5.30. The summed E-state index contributed by atoms with van der Waals surface area (Å²) in [6, 6.07) is 6.71. The third-order valence-electron chi connectivity index (χ3n) is 3.81. The normalized spacial score (nSPS) is 29.1. The minimum atomic E-state index is 0.603. The second-order valence-electron chi connectivity index (χ2n) is 5.67. The van der Waals surface area contributed by atoms with Gasteiger partial charge in [-0.05, 0) is 55.7 Å². The summed E-state index contributed by atoms with van der Waals surface area (Å²) in [5, 5.41) is 4.52. The van der Waals surface area contributed by atoms with E-state index in [2.05, 4.69) is 32.2 Å². The van der Waals surface area contributed by atoms with Gasteiger partial charge in [-0.15, -0.1) is 0 Å². The van der Waals surface area contributed by atoms with E-state index in [1.165, 1.54) is 30.5 Å². The van der Waals surface area contributed by atoms with Gasteiger partial charge in [-0.25, -0.2) is 0 Å². The smallest absolute Gasteiger partial charge is 0.0455 e. The number of benzene rings is 1. The van der Waals surface area contributed by atoms with E-state index in [1.807, 2.05) is 12.1 Å². The van der Waals surface area contributed by atoms with Gasteiger partial charge in [0.1, 0.15) is 0 Å².